The van der Waals surface area contributed by atoms with E-state index in [1.165, 1.54) is 6.07 Å². The Labute approximate surface area is 125 Å². The van der Waals surface area contributed by atoms with Crippen LogP contribution in [0.15, 0.2) is 36.4 Å². The van der Waals surface area contributed by atoms with E-state index in [-0.39, 0.29) is 17.6 Å². The summed E-state index contributed by atoms with van der Waals surface area (Å²) in [7, 11) is 0. The van der Waals surface area contributed by atoms with Crippen LogP contribution in [-0.2, 0) is 4.79 Å². The van der Waals surface area contributed by atoms with E-state index in [0.29, 0.717) is 11.7 Å². The minimum Gasteiger partial charge on any atom is -0.508 e. The van der Waals surface area contributed by atoms with Gasteiger partial charge in [0.2, 0.25) is 0 Å². The molecule has 1 unspecified atom stereocenters. The van der Waals surface area contributed by atoms with Crippen LogP contribution in [0.1, 0.15) is 33.6 Å². The number of benzene rings is 2. The summed E-state index contributed by atoms with van der Waals surface area (Å²) in [6.45, 7) is 6.19. The normalized spacial score (nSPS) is 12.6. The first-order valence-electron chi connectivity index (χ1n) is 7.44. The molecule has 2 aromatic rings. The highest BCUT2D eigenvalue weighted by molar-refractivity contribution is 5.91. The van der Waals surface area contributed by atoms with Gasteiger partial charge in [-0.2, -0.15) is 0 Å². The van der Waals surface area contributed by atoms with Crippen molar-refractivity contribution in [3.8, 4) is 11.5 Å². The molecule has 0 fully saturated rings. The molecule has 1 N–H and O–H groups in total. The van der Waals surface area contributed by atoms with Crippen molar-refractivity contribution in [1.82, 2.24) is 0 Å². The van der Waals surface area contributed by atoms with Crippen molar-refractivity contribution in [3.63, 3.8) is 0 Å². The lowest BCUT2D eigenvalue weighted by atomic mass is 9.95. The molecular formula is C18H22O3. The van der Waals surface area contributed by atoms with Crippen LogP contribution >= 0.6 is 0 Å². The third kappa shape index (κ3) is 3.75. The molecule has 0 spiro atoms. The Hall–Kier alpha value is -2.03. The van der Waals surface area contributed by atoms with Gasteiger partial charge in [-0.05, 0) is 30.2 Å². The molecule has 0 bridgehead atoms. The zero-order valence-corrected chi connectivity index (χ0v) is 12.8. The van der Waals surface area contributed by atoms with Crippen LogP contribution in [0.4, 0.5) is 0 Å². The van der Waals surface area contributed by atoms with Crippen molar-refractivity contribution < 1.29 is 14.6 Å². The largest absolute Gasteiger partial charge is 0.508 e. The number of phenols is 1. The first-order valence-corrected chi connectivity index (χ1v) is 7.44. The van der Waals surface area contributed by atoms with E-state index < -0.39 is 0 Å². The lowest BCUT2D eigenvalue weighted by molar-refractivity contribution is -0.139. The van der Waals surface area contributed by atoms with Crippen LogP contribution in [-0.4, -0.2) is 11.1 Å². The summed E-state index contributed by atoms with van der Waals surface area (Å²) in [6.07, 6.45) is 1.57. The smallest absolute Gasteiger partial charge is 0.314 e. The molecule has 21 heavy (non-hydrogen) atoms. The summed E-state index contributed by atoms with van der Waals surface area (Å²) in [4.78, 5) is 12.3. The molecule has 0 amide bonds. The Balaban J connectivity index is 2.28. The fraction of sp³-hybridized carbons (Fsp3) is 0.389. The minimum atomic E-state index is -0.220. The predicted molar refractivity (Wildman–Crippen MR) is 84.5 cm³/mol. The average molecular weight is 286 g/mol. The maximum absolute atomic E-state index is 12.3. The Bertz CT molecular complexity index is 631. The third-order valence-electron chi connectivity index (χ3n) is 3.60. The van der Waals surface area contributed by atoms with Gasteiger partial charge in [0.1, 0.15) is 11.5 Å². The second kappa shape index (κ2) is 6.61. The van der Waals surface area contributed by atoms with Crippen molar-refractivity contribution in [1.29, 1.82) is 0 Å². The van der Waals surface area contributed by atoms with E-state index in [1.807, 2.05) is 31.2 Å². The number of ether oxygens (including phenoxy) is 1. The summed E-state index contributed by atoms with van der Waals surface area (Å²) < 4.78 is 5.56. The Morgan fingerprint density at radius 2 is 1.95 bits per heavy atom. The van der Waals surface area contributed by atoms with Gasteiger partial charge in [-0.15, -0.1) is 0 Å². The third-order valence-corrected chi connectivity index (χ3v) is 3.60. The monoisotopic (exact) mass is 286 g/mol. The standard InChI is InChI=1S/C18H22O3/c1-4-13(9-12(2)3)18(20)21-17-11-15(19)10-14-7-5-6-8-16(14)17/h5-8,10-13,19H,4,9H2,1-3H3. The molecule has 0 aliphatic rings. The molecule has 2 rings (SSSR count). The second-order valence-electron chi connectivity index (χ2n) is 5.82. The molecule has 3 nitrogen and oxygen atoms in total. The van der Waals surface area contributed by atoms with Gasteiger partial charge in [-0.3, -0.25) is 4.79 Å². The summed E-state index contributed by atoms with van der Waals surface area (Å²) in [5.74, 6) is 0.655. The van der Waals surface area contributed by atoms with Gasteiger partial charge in [0.05, 0.1) is 5.92 Å². The first-order chi connectivity index (χ1) is 10.0. The van der Waals surface area contributed by atoms with Gasteiger partial charge in [-0.1, -0.05) is 45.0 Å². The fourth-order valence-corrected chi connectivity index (χ4v) is 2.54. The SMILES string of the molecule is CCC(CC(C)C)C(=O)Oc1cc(O)cc2ccccc12. The Kier molecular flexibility index (Phi) is 4.84. The van der Waals surface area contributed by atoms with Crippen LogP contribution in [0.25, 0.3) is 10.8 Å². The molecular weight excluding hydrogens is 264 g/mol. The highest BCUT2D eigenvalue weighted by atomic mass is 16.5. The summed E-state index contributed by atoms with van der Waals surface area (Å²) in [6, 6.07) is 10.7. The van der Waals surface area contributed by atoms with Crippen LogP contribution in [0, 0.1) is 11.8 Å². The molecule has 2 aromatic carbocycles. The van der Waals surface area contributed by atoms with Gasteiger partial charge in [0.25, 0.3) is 0 Å². The minimum absolute atomic E-state index is 0.105. The summed E-state index contributed by atoms with van der Waals surface area (Å²) >= 11 is 0. The molecule has 3 heteroatoms. The van der Waals surface area contributed by atoms with Crippen molar-refractivity contribution in [2.75, 3.05) is 0 Å². The quantitative estimate of drug-likeness (QED) is 0.649. The topological polar surface area (TPSA) is 46.5 Å². The van der Waals surface area contributed by atoms with E-state index in [1.54, 1.807) is 6.07 Å². The number of carbonyl (C=O) groups excluding carboxylic acids is 1. The molecule has 0 saturated heterocycles. The molecule has 0 aliphatic carbocycles. The molecule has 0 radical (unpaired) electrons. The zero-order valence-electron chi connectivity index (χ0n) is 12.8. The van der Waals surface area contributed by atoms with Crippen molar-refractivity contribution in [2.45, 2.75) is 33.6 Å². The fourth-order valence-electron chi connectivity index (χ4n) is 2.54. The van der Waals surface area contributed by atoms with Gasteiger partial charge in [0.15, 0.2) is 0 Å². The summed E-state index contributed by atoms with van der Waals surface area (Å²) in [5, 5.41) is 11.5. The molecule has 0 aliphatic heterocycles. The van der Waals surface area contributed by atoms with Crippen molar-refractivity contribution in [2.24, 2.45) is 11.8 Å². The van der Waals surface area contributed by atoms with Crippen LogP contribution in [0.5, 0.6) is 11.5 Å². The summed E-state index contributed by atoms with van der Waals surface area (Å²) in [5.41, 5.74) is 0. The number of carbonyl (C=O) groups is 1. The van der Waals surface area contributed by atoms with Crippen molar-refractivity contribution in [3.05, 3.63) is 36.4 Å². The maximum Gasteiger partial charge on any atom is 0.314 e. The van der Waals surface area contributed by atoms with Gasteiger partial charge < -0.3 is 9.84 Å². The lowest BCUT2D eigenvalue weighted by Gasteiger charge is -2.17. The van der Waals surface area contributed by atoms with E-state index in [9.17, 15) is 9.90 Å². The van der Waals surface area contributed by atoms with E-state index >= 15 is 0 Å². The highest BCUT2D eigenvalue weighted by Gasteiger charge is 2.21. The molecule has 112 valence electrons. The molecule has 0 heterocycles. The Morgan fingerprint density at radius 1 is 1.24 bits per heavy atom. The molecule has 0 saturated carbocycles. The number of hydrogen-bond donors (Lipinski definition) is 1. The molecule has 0 aromatic heterocycles. The van der Waals surface area contributed by atoms with E-state index in [2.05, 4.69) is 13.8 Å². The number of aromatic hydroxyl groups is 1. The number of esters is 1. The predicted octanol–water partition coefficient (Wildman–Crippen LogP) is 4.52. The van der Waals surface area contributed by atoms with Crippen molar-refractivity contribution >= 4 is 16.7 Å². The molecule has 1 atom stereocenters. The van der Waals surface area contributed by atoms with Gasteiger partial charge in [0, 0.05) is 11.5 Å². The highest BCUT2D eigenvalue weighted by Crippen LogP contribution is 2.31. The maximum atomic E-state index is 12.3. The van der Waals surface area contributed by atoms with Gasteiger partial charge in [-0.25, -0.2) is 0 Å². The van der Waals surface area contributed by atoms with Crippen LogP contribution < -0.4 is 4.74 Å². The number of fused-ring (bicyclic) bond motifs is 1. The number of rotatable bonds is 5. The zero-order chi connectivity index (χ0) is 15.4. The second-order valence-corrected chi connectivity index (χ2v) is 5.82. The average Bonchev–Trinajstić information content (AvgIpc) is 2.44. The lowest BCUT2D eigenvalue weighted by Crippen LogP contribution is -2.21. The van der Waals surface area contributed by atoms with Gasteiger partial charge >= 0.3 is 5.97 Å². The Morgan fingerprint density at radius 3 is 2.62 bits per heavy atom. The van der Waals surface area contributed by atoms with E-state index in [0.717, 1.165) is 23.6 Å². The number of phenolic OH excluding ortho intramolecular Hbond substituents is 1. The first kappa shape index (κ1) is 15.4. The van der Waals surface area contributed by atoms with Crippen LogP contribution in [0.3, 0.4) is 0 Å². The van der Waals surface area contributed by atoms with Crippen LogP contribution in [0.2, 0.25) is 0 Å². The van der Waals surface area contributed by atoms with E-state index in [4.69, 9.17) is 4.74 Å². The number of hydrogen-bond acceptors (Lipinski definition) is 3.